The Morgan fingerprint density at radius 1 is 0.418 bits per heavy atom. The summed E-state index contributed by atoms with van der Waals surface area (Å²) in [6.07, 6.45) is 16.8. The molecular formula is C85H77N5O8. The van der Waals surface area contributed by atoms with Gasteiger partial charge < -0.3 is 37.8 Å². The van der Waals surface area contributed by atoms with Crippen LogP contribution >= 0.6 is 0 Å². The average molecular weight is 1300 g/mol. The number of fused-ring (bicyclic) bond motifs is 5. The van der Waals surface area contributed by atoms with Crippen LogP contribution in [0.1, 0.15) is 98.2 Å². The molecule has 0 radical (unpaired) electrons. The number of aliphatic carboxylic acids is 1. The van der Waals surface area contributed by atoms with Crippen molar-refractivity contribution in [3.8, 4) is 0 Å². The van der Waals surface area contributed by atoms with Gasteiger partial charge in [-0.05, 0) is 96.5 Å². The van der Waals surface area contributed by atoms with Gasteiger partial charge in [-0.25, -0.2) is 4.79 Å². The third-order valence-corrected chi connectivity index (χ3v) is 17.9. The fraction of sp³-hybridized carbons (Fsp3) is 0.165. The van der Waals surface area contributed by atoms with E-state index in [0.29, 0.717) is 19.1 Å². The van der Waals surface area contributed by atoms with Gasteiger partial charge in [0, 0.05) is 146 Å². The summed E-state index contributed by atoms with van der Waals surface area (Å²) in [6.45, 7) is 7.75. The van der Waals surface area contributed by atoms with Crippen molar-refractivity contribution in [1.82, 2.24) is 23.3 Å². The summed E-state index contributed by atoms with van der Waals surface area (Å²) in [7, 11) is 0. The molecule has 0 spiro atoms. The van der Waals surface area contributed by atoms with E-state index in [1.165, 1.54) is 61.3 Å². The molecule has 2 fully saturated rings. The number of ether oxygens (including phenoxy) is 2. The number of para-hydroxylation sites is 5. The lowest BCUT2D eigenvalue weighted by Crippen LogP contribution is -2.07. The highest BCUT2D eigenvalue weighted by molar-refractivity contribution is 5.99. The van der Waals surface area contributed by atoms with Crippen molar-refractivity contribution < 1.29 is 38.6 Å². The molecule has 5 aromatic heterocycles. The van der Waals surface area contributed by atoms with Crippen LogP contribution in [0.5, 0.6) is 0 Å². The van der Waals surface area contributed by atoms with Gasteiger partial charge in [0.25, 0.3) is 0 Å². The van der Waals surface area contributed by atoms with E-state index in [-0.39, 0.29) is 29.7 Å². The molecule has 5 heterocycles. The molecule has 2 aliphatic carbocycles. The second-order valence-electron chi connectivity index (χ2n) is 24.5. The molecule has 2 saturated carbocycles. The lowest BCUT2D eigenvalue weighted by molar-refractivity contribution is -0.145. The van der Waals surface area contributed by atoms with Gasteiger partial charge in [0.05, 0.1) is 25.0 Å². The quantitative estimate of drug-likeness (QED) is 0.0488. The number of hydrogen-bond donors (Lipinski definition) is 2. The number of H-pyrrole nitrogens is 1. The van der Waals surface area contributed by atoms with E-state index in [1.807, 2.05) is 153 Å². The Labute approximate surface area is 569 Å². The number of aromatic amines is 1. The second-order valence-corrected chi connectivity index (χ2v) is 24.5. The molecule has 0 aliphatic heterocycles. The number of carboxylic acid groups (broad SMARTS) is 1. The van der Waals surface area contributed by atoms with Crippen molar-refractivity contribution >= 4 is 91.1 Å². The number of carbonyl (C=O) groups excluding carboxylic acids is 4. The van der Waals surface area contributed by atoms with Gasteiger partial charge in [0.1, 0.15) is 0 Å². The molecule has 13 nitrogen and oxygen atoms in total. The Bertz CT molecular complexity index is 5060. The Morgan fingerprint density at radius 3 is 1.20 bits per heavy atom. The maximum absolute atomic E-state index is 12.0. The molecule has 13 heteroatoms. The summed E-state index contributed by atoms with van der Waals surface area (Å²) in [6, 6.07) is 82.1. The lowest BCUT2D eigenvalue weighted by Gasteiger charge is -2.05. The standard InChI is InChI=1S/C21H21NO2.C20H19NO2.C19H17NO2.C16H13NO.C9H7NO/c1-2-24-21(23)18-12-17(18)19-14-22(13-15-8-4-3-5-9-15)20-11-7-6-10-16(19)20;1-2-23-20(22)13-12-17-15-21(14-16-8-4-3-5-9-16)19-11-7-6-10-18(17)19;21-19(22)16-10-15(16)17-12-20(11-13-6-2-1-3-7-13)18-9-5-4-8-14(17)18;18-12-14-11-17(10-13-6-2-1-3-7-13)16-9-5-4-8-15(14)16;11-6-7-5-10-9-4-2-1-3-8(7)9/h3-11,14,17-18H,2,12-13H2,1H3;3-13,15H,2,14H2,1H3;1-9,12,15-16H,10-11H2,(H,21,22);1-9,11-12H,10H2;1-6,10H/b;13-12+;;;. The van der Waals surface area contributed by atoms with E-state index in [0.717, 1.165) is 101 Å². The highest BCUT2D eigenvalue weighted by Crippen LogP contribution is 2.51. The minimum atomic E-state index is -0.676. The summed E-state index contributed by atoms with van der Waals surface area (Å²) >= 11 is 0. The van der Waals surface area contributed by atoms with Gasteiger partial charge in [0.15, 0.2) is 12.6 Å². The van der Waals surface area contributed by atoms with Crippen LogP contribution in [0.4, 0.5) is 0 Å². The van der Waals surface area contributed by atoms with Crippen LogP contribution < -0.4 is 0 Å². The van der Waals surface area contributed by atoms with E-state index < -0.39 is 5.97 Å². The molecule has 2 aliphatic rings. The number of benzene rings is 9. The zero-order chi connectivity index (χ0) is 67.7. The van der Waals surface area contributed by atoms with Gasteiger partial charge in [-0.15, -0.1) is 0 Å². The molecule has 0 amide bonds. The monoisotopic (exact) mass is 1300 g/mol. The third-order valence-electron chi connectivity index (χ3n) is 17.9. The van der Waals surface area contributed by atoms with Crippen molar-refractivity contribution in [1.29, 1.82) is 0 Å². The maximum atomic E-state index is 12.0. The number of aromatic nitrogens is 5. The largest absolute Gasteiger partial charge is 0.481 e. The molecule has 0 bridgehead atoms. The first-order valence-electron chi connectivity index (χ1n) is 33.3. The van der Waals surface area contributed by atoms with Crippen molar-refractivity contribution in [2.24, 2.45) is 11.8 Å². The van der Waals surface area contributed by atoms with E-state index in [4.69, 9.17) is 9.47 Å². The zero-order valence-corrected chi connectivity index (χ0v) is 54.9. The van der Waals surface area contributed by atoms with Crippen LogP contribution in [0, 0.1) is 11.8 Å². The highest BCUT2D eigenvalue weighted by Gasteiger charge is 2.47. The first kappa shape index (κ1) is 66.2. The summed E-state index contributed by atoms with van der Waals surface area (Å²) in [5, 5.41) is 14.8. The number of nitrogens with one attached hydrogen (secondary N) is 1. The van der Waals surface area contributed by atoms with Gasteiger partial charge in [-0.2, -0.15) is 0 Å². The molecule has 490 valence electrons. The number of aldehydes is 2. The number of carbonyl (C=O) groups is 5. The van der Waals surface area contributed by atoms with Crippen molar-refractivity contribution in [2.45, 2.75) is 64.7 Å². The summed E-state index contributed by atoms with van der Waals surface area (Å²) in [4.78, 5) is 59.2. The normalized spacial score (nSPS) is 15.0. The fourth-order valence-corrected chi connectivity index (χ4v) is 13.0. The SMILES string of the molecule is CCOC(=O)/C=C/c1cn(Cc2ccccc2)c2ccccc12.CCOC(=O)C1CC1c1cn(Cc2ccccc2)c2ccccc12.O=C(O)C1CC1c1cn(Cc2ccccc2)c2ccccc12.O=Cc1c[nH]c2ccccc12.O=Cc1cn(Cc2ccccc2)c2ccccc12. The number of esters is 2. The minimum absolute atomic E-state index is 0.0286. The van der Waals surface area contributed by atoms with Crippen LogP contribution in [-0.4, -0.2) is 72.1 Å². The molecule has 4 atom stereocenters. The topological polar surface area (TPSA) is 160 Å². The molecule has 98 heavy (non-hydrogen) atoms. The summed E-state index contributed by atoms with van der Waals surface area (Å²) in [5.74, 6) is -0.762. The fourth-order valence-electron chi connectivity index (χ4n) is 13.0. The van der Waals surface area contributed by atoms with Crippen LogP contribution in [0.2, 0.25) is 0 Å². The minimum Gasteiger partial charge on any atom is -0.481 e. The van der Waals surface area contributed by atoms with Crippen molar-refractivity contribution in [3.63, 3.8) is 0 Å². The molecule has 2 N–H and O–H groups in total. The lowest BCUT2D eigenvalue weighted by atomic mass is 10.1. The molecule has 14 aromatic rings. The van der Waals surface area contributed by atoms with Crippen LogP contribution in [0.3, 0.4) is 0 Å². The maximum Gasteiger partial charge on any atom is 0.330 e. The first-order valence-corrected chi connectivity index (χ1v) is 33.3. The van der Waals surface area contributed by atoms with Gasteiger partial charge >= 0.3 is 17.9 Å². The van der Waals surface area contributed by atoms with Crippen LogP contribution in [0.15, 0.2) is 280 Å². The van der Waals surface area contributed by atoms with Crippen molar-refractivity contribution in [2.75, 3.05) is 13.2 Å². The molecule has 4 unspecified atom stereocenters. The summed E-state index contributed by atoms with van der Waals surface area (Å²) in [5.41, 5.74) is 15.6. The van der Waals surface area contributed by atoms with Crippen LogP contribution in [-0.2, 0) is 50.0 Å². The number of carboxylic acids is 1. The van der Waals surface area contributed by atoms with E-state index in [9.17, 15) is 29.1 Å². The highest BCUT2D eigenvalue weighted by atomic mass is 16.5. The van der Waals surface area contributed by atoms with Gasteiger partial charge in [-0.3, -0.25) is 19.2 Å². The Balaban J connectivity index is 0.000000119. The van der Waals surface area contributed by atoms with Crippen LogP contribution in [0.25, 0.3) is 60.6 Å². The van der Waals surface area contributed by atoms with Crippen molar-refractivity contribution in [3.05, 3.63) is 330 Å². The number of hydrogen-bond acceptors (Lipinski definition) is 7. The molecule has 16 rings (SSSR count). The molecule has 9 aromatic carbocycles. The Kier molecular flexibility index (Phi) is 21.4. The summed E-state index contributed by atoms with van der Waals surface area (Å²) < 4.78 is 19.0. The predicted octanol–water partition coefficient (Wildman–Crippen LogP) is 18.0. The van der Waals surface area contributed by atoms with Gasteiger partial charge in [-0.1, -0.05) is 212 Å². The third kappa shape index (κ3) is 15.9. The Hall–Kier alpha value is -11.8. The first-order chi connectivity index (χ1) is 48.1. The average Bonchev–Trinajstić information content (AvgIpc) is 1.60. The number of nitrogens with zero attached hydrogens (tertiary/aromatic N) is 4. The van der Waals surface area contributed by atoms with E-state index in [2.05, 4.69) is 151 Å². The zero-order valence-electron chi connectivity index (χ0n) is 54.9. The van der Waals surface area contributed by atoms with E-state index in [1.54, 1.807) is 13.1 Å². The predicted molar refractivity (Wildman–Crippen MR) is 391 cm³/mol. The smallest absolute Gasteiger partial charge is 0.330 e. The molecular weight excluding hydrogens is 1220 g/mol. The van der Waals surface area contributed by atoms with Gasteiger partial charge in [0.2, 0.25) is 0 Å². The van der Waals surface area contributed by atoms with E-state index >= 15 is 0 Å². The second kappa shape index (κ2) is 31.6. The number of rotatable bonds is 18. The Morgan fingerprint density at radius 2 is 0.776 bits per heavy atom. The molecule has 0 saturated heterocycles.